The summed E-state index contributed by atoms with van der Waals surface area (Å²) >= 11 is 0. The molecule has 1 aliphatic carbocycles. The first-order valence-electron chi connectivity index (χ1n) is 15.7. The number of furan rings is 1. The molecular formula is C42H39NO. The summed E-state index contributed by atoms with van der Waals surface area (Å²) in [6, 6.07) is 38.8. The Morgan fingerprint density at radius 3 is 2.41 bits per heavy atom. The predicted octanol–water partition coefficient (Wildman–Crippen LogP) is 11.9. The van der Waals surface area contributed by atoms with Gasteiger partial charge < -0.3 is 9.73 Å². The third-order valence-electron chi connectivity index (χ3n) is 9.90. The summed E-state index contributed by atoms with van der Waals surface area (Å²) in [5.41, 5.74) is 12.6. The first-order valence-corrected chi connectivity index (χ1v) is 15.7. The van der Waals surface area contributed by atoms with Crippen molar-refractivity contribution in [3.8, 4) is 11.1 Å². The van der Waals surface area contributed by atoms with Gasteiger partial charge in [-0.25, -0.2) is 0 Å². The van der Waals surface area contributed by atoms with E-state index in [0.29, 0.717) is 5.92 Å². The molecule has 0 spiro atoms. The Bertz CT molecular complexity index is 2030. The van der Waals surface area contributed by atoms with Gasteiger partial charge in [0.25, 0.3) is 0 Å². The van der Waals surface area contributed by atoms with Crippen LogP contribution in [0.4, 0.5) is 11.4 Å². The van der Waals surface area contributed by atoms with Crippen molar-refractivity contribution in [2.75, 3.05) is 5.32 Å². The van der Waals surface area contributed by atoms with E-state index in [1.54, 1.807) is 0 Å². The monoisotopic (exact) mass is 573 g/mol. The Balaban J connectivity index is 1.34. The van der Waals surface area contributed by atoms with Crippen molar-refractivity contribution < 1.29 is 4.42 Å². The standard InChI is InChI=1S/C42H39NO/c1-28-14-8-9-18-32(28)24-33-21-22-34(25-37(33)30(3)42(4)23-13-12-15-29(42)2)43-35-26-38(31-16-6-5-7-17-31)41-39(27-35)36-19-10-11-20-40(36)44-41/h5-14,16-22,25-27,29,43H,3,15,23-24H2,1-2,4H3. The summed E-state index contributed by atoms with van der Waals surface area (Å²) < 4.78 is 6.42. The van der Waals surface area contributed by atoms with E-state index in [0.717, 1.165) is 63.7 Å². The van der Waals surface area contributed by atoms with Crippen molar-refractivity contribution in [3.63, 3.8) is 0 Å². The predicted molar refractivity (Wildman–Crippen MR) is 188 cm³/mol. The van der Waals surface area contributed by atoms with Crippen LogP contribution >= 0.6 is 0 Å². The lowest BCUT2D eigenvalue weighted by Gasteiger charge is -2.40. The summed E-state index contributed by atoms with van der Waals surface area (Å²) in [4.78, 5) is 0. The highest BCUT2D eigenvalue weighted by Crippen LogP contribution is 2.48. The lowest BCUT2D eigenvalue weighted by Crippen LogP contribution is -2.28. The average molecular weight is 574 g/mol. The van der Waals surface area contributed by atoms with Crippen molar-refractivity contribution >= 4 is 38.9 Å². The van der Waals surface area contributed by atoms with E-state index in [-0.39, 0.29) is 5.41 Å². The zero-order valence-corrected chi connectivity index (χ0v) is 25.9. The lowest BCUT2D eigenvalue weighted by molar-refractivity contribution is 0.283. The van der Waals surface area contributed by atoms with E-state index in [1.807, 2.05) is 12.1 Å². The van der Waals surface area contributed by atoms with Crippen molar-refractivity contribution in [1.82, 2.24) is 0 Å². The Hall–Kier alpha value is -4.82. The highest BCUT2D eigenvalue weighted by Gasteiger charge is 2.35. The maximum absolute atomic E-state index is 6.42. The van der Waals surface area contributed by atoms with Crippen molar-refractivity contribution in [3.05, 3.63) is 150 Å². The number of hydrogen-bond acceptors (Lipinski definition) is 2. The fourth-order valence-electron chi connectivity index (χ4n) is 6.82. The van der Waals surface area contributed by atoms with Crippen LogP contribution in [0.2, 0.25) is 0 Å². The SMILES string of the molecule is C=C(c1cc(Nc2cc(-c3ccccc3)c3oc4ccccc4c3c2)ccc1Cc1ccccc1C)C1(C)CC=CCC1C. The molecule has 2 atom stereocenters. The summed E-state index contributed by atoms with van der Waals surface area (Å²) in [6.45, 7) is 11.8. The number of fused-ring (bicyclic) bond motifs is 3. The molecule has 0 amide bonds. The Kier molecular flexibility index (Phi) is 7.22. The molecule has 1 aliphatic rings. The van der Waals surface area contributed by atoms with Crippen LogP contribution in [-0.4, -0.2) is 0 Å². The molecule has 0 bridgehead atoms. The van der Waals surface area contributed by atoms with Gasteiger partial charge >= 0.3 is 0 Å². The smallest absolute Gasteiger partial charge is 0.143 e. The molecule has 0 radical (unpaired) electrons. The molecule has 6 aromatic rings. The van der Waals surface area contributed by atoms with E-state index in [9.17, 15) is 0 Å². The van der Waals surface area contributed by atoms with Gasteiger partial charge in [-0.2, -0.15) is 0 Å². The molecule has 2 heteroatoms. The second-order valence-electron chi connectivity index (χ2n) is 12.7. The van der Waals surface area contributed by atoms with Gasteiger partial charge in [0, 0.05) is 27.7 Å². The van der Waals surface area contributed by atoms with Crippen molar-refractivity contribution in [1.29, 1.82) is 0 Å². The number of rotatable bonds is 7. The number of anilines is 2. The third kappa shape index (κ3) is 5.05. The van der Waals surface area contributed by atoms with E-state index in [4.69, 9.17) is 11.0 Å². The largest absolute Gasteiger partial charge is 0.455 e. The van der Waals surface area contributed by atoms with Gasteiger partial charge in [-0.1, -0.05) is 111 Å². The molecule has 1 N–H and O–H groups in total. The maximum Gasteiger partial charge on any atom is 0.143 e. The van der Waals surface area contributed by atoms with Crippen molar-refractivity contribution in [2.45, 2.75) is 40.0 Å². The molecule has 218 valence electrons. The number of hydrogen-bond donors (Lipinski definition) is 1. The molecule has 1 heterocycles. The molecule has 2 unspecified atom stereocenters. The van der Waals surface area contributed by atoms with Crippen molar-refractivity contribution in [2.24, 2.45) is 11.3 Å². The quantitative estimate of drug-likeness (QED) is 0.192. The minimum absolute atomic E-state index is 0.00293. The summed E-state index contributed by atoms with van der Waals surface area (Å²) in [5.74, 6) is 0.521. The molecular weight excluding hydrogens is 534 g/mol. The van der Waals surface area contributed by atoms with Crippen LogP contribution in [0, 0.1) is 18.3 Å². The second-order valence-corrected chi connectivity index (χ2v) is 12.7. The molecule has 0 aliphatic heterocycles. The van der Waals surface area contributed by atoms with Crippen LogP contribution in [0.15, 0.2) is 132 Å². The van der Waals surface area contributed by atoms with Crippen LogP contribution in [0.3, 0.4) is 0 Å². The highest BCUT2D eigenvalue weighted by atomic mass is 16.3. The van der Waals surface area contributed by atoms with Crippen LogP contribution < -0.4 is 5.32 Å². The lowest BCUT2D eigenvalue weighted by atomic mass is 9.64. The first-order chi connectivity index (χ1) is 21.4. The third-order valence-corrected chi connectivity index (χ3v) is 9.90. The van der Waals surface area contributed by atoms with Gasteiger partial charge in [0.15, 0.2) is 0 Å². The molecule has 5 aromatic carbocycles. The summed E-state index contributed by atoms with van der Waals surface area (Å²) in [5, 5.41) is 6.02. The number of allylic oxidation sites excluding steroid dienone is 3. The average Bonchev–Trinajstić information content (AvgIpc) is 3.42. The van der Waals surface area contributed by atoms with Crippen LogP contribution in [0.25, 0.3) is 38.6 Å². The fourth-order valence-corrected chi connectivity index (χ4v) is 6.82. The molecule has 0 saturated carbocycles. The van der Waals surface area contributed by atoms with Gasteiger partial charge in [-0.15, -0.1) is 0 Å². The Morgan fingerprint density at radius 1 is 0.818 bits per heavy atom. The topological polar surface area (TPSA) is 25.2 Å². The molecule has 44 heavy (non-hydrogen) atoms. The van der Waals surface area contributed by atoms with Gasteiger partial charge in [0.05, 0.1) is 0 Å². The van der Waals surface area contributed by atoms with Gasteiger partial charge in [-0.3, -0.25) is 0 Å². The minimum Gasteiger partial charge on any atom is -0.455 e. The first kappa shape index (κ1) is 28.0. The van der Waals surface area contributed by atoms with Crippen LogP contribution in [-0.2, 0) is 6.42 Å². The summed E-state index contributed by atoms with van der Waals surface area (Å²) in [7, 11) is 0. The van der Waals surface area contributed by atoms with Gasteiger partial charge in [0.1, 0.15) is 11.2 Å². The summed E-state index contributed by atoms with van der Waals surface area (Å²) in [6.07, 6.45) is 7.64. The second kappa shape index (κ2) is 11.4. The van der Waals surface area contributed by atoms with E-state index >= 15 is 0 Å². The fraction of sp³-hybridized carbons (Fsp3) is 0.190. The Morgan fingerprint density at radius 2 is 1.59 bits per heavy atom. The number of benzene rings is 5. The van der Waals surface area contributed by atoms with Gasteiger partial charge in [-0.05, 0) is 101 Å². The zero-order valence-electron chi connectivity index (χ0n) is 25.9. The minimum atomic E-state index is 0.00293. The number of aryl methyl sites for hydroxylation is 1. The van der Waals surface area contributed by atoms with E-state index < -0.39 is 0 Å². The number of para-hydroxylation sites is 1. The van der Waals surface area contributed by atoms with Crippen LogP contribution in [0.5, 0.6) is 0 Å². The molecule has 0 saturated heterocycles. The molecule has 2 nitrogen and oxygen atoms in total. The van der Waals surface area contributed by atoms with Gasteiger partial charge in [0.2, 0.25) is 0 Å². The normalized spacial score (nSPS) is 18.1. The van der Waals surface area contributed by atoms with E-state index in [2.05, 4.69) is 135 Å². The maximum atomic E-state index is 6.42. The Labute approximate surface area is 260 Å². The zero-order chi connectivity index (χ0) is 30.3. The van der Waals surface area contributed by atoms with E-state index in [1.165, 1.54) is 27.8 Å². The molecule has 7 rings (SSSR count). The molecule has 0 fully saturated rings. The highest BCUT2D eigenvalue weighted by molar-refractivity contribution is 6.11. The number of nitrogens with one attached hydrogen (secondary N) is 1. The van der Waals surface area contributed by atoms with Crippen LogP contribution in [0.1, 0.15) is 48.9 Å². The molecule has 1 aromatic heterocycles.